The molecule has 3 aromatic heterocycles. The summed E-state index contributed by atoms with van der Waals surface area (Å²) in [5.74, 6) is 0.986. The number of ether oxygens (including phenoxy) is 2. The number of carbonyl (C=O) groups is 3. The van der Waals surface area contributed by atoms with Crippen LogP contribution in [0.3, 0.4) is 0 Å². The highest BCUT2D eigenvalue weighted by Gasteiger charge is 2.56. The maximum atomic E-state index is 16.4. The van der Waals surface area contributed by atoms with Crippen LogP contribution in [0, 0.1) is 12.3 Å². The predicted molar refractivity (Wildman–Crippen MR) is 242 cm³/mol. The summed E-state index contributed by atoms with van der Waals surface area (Å²) in [6.45, 7) is 5.75. The van der Waals surface area contributed by atoms with Gasteiger partial charge in [-0.25, -0.2) is 18.7 Å². The predicted octanol–water partition coefficient (Wildman–Crippen LogP) is 5.29. The van der Waals surface area contributed by atoms with Gasteiger partial charge in [0.15, 0.2) is 23.4 Å². The minimum Gasteiger partial charge on any atom is -0.490 e. The Morgan fingerprint density at radius 3 is 2.51 bits per heavy atom. The Morgan fingerprint density at radius 1 is 1.03 bits per heavy atom. The number of pyridine rings is 1. The van der Waals surface area contributed by atoms with E-state index < -0.39 is 17.9 Å². The number of rotatable bonds is 12. The van der Waals surface area contributed by atoms with Crippen LogP contribution >= 0.6 is 11.6 Å². The first-order valence-corrected chi connectivity index (χ1v) is 23.3. The van der Waals surface area contributed by atoms with Gasteiger partial charge in [-0.3, -0.25) is 34.6 Å². The van der Waals surface area contributed by atoms with Crippen molar-refractivity contribution in [3.8, 4) is 5.75 Å². The molecule has 0 radical (unpaired) electrons. The molecular weight excluding hydrogens is 857 g/mol. The molecular formula is C46H57ClFN11O6. The molecule has 1 spiro atoms. The number of anilines is 4. The summed E-state index contributed by atoms with van der Waals surface area (Å²) in [4.78, 5) is 54.5. The minimum absolute atomic E-state index is 0.0137. The normalized spacial score (nSPS) is 23.8. The number of aryl methyl sites for hydroxylation is 1. The molecule has 4 amide bonds. The molecule has 10 rings (SSSR count). The van der Waals surface area contributed by atoms with Crippen LogP contribution in [0.2, 0.25) is 5.02 Å². The van der Waals surface area contributed by atoms with Crippen LogP contribution in [0.4, 0.5) is 32.1 Å². The van der Waals surface area contributed by atoms with E-state index in [4.69, 9.17) is 26.2 Å². The number of carbonyl (C=O) groups excluding carboxylic acids is 3. The molecule has 6 aliphatic rings. The van der Waals surface area contributed by atoms with E-state index >= 15 is 4.39 Å². The van der Waals surface area contributed by atoms with Crippen molar-refractivity contribution in [2.45, 2.75) is 101 Å². The largest absolute Gasteiger partial charge is 0.490 e. The number of nitrogens with zero attached hydrogens (tertiary/aromatic N) is 8. The maximum Gasteiger partial charge on any atom is 0.328 e. The number of nitrogens with one attached hydrogen (secondary N) is 3. The lowest BCUT2D eigenvalue weighted by Gasteiger charge is -2.57. The Hall–Kier alpha value is -5.14. The Morgan fingerprint density at radius 2 is 1.80 bits per heavy atom. The summed E-state index contributed by atoms with van der Waals surface area (Å²) in [5, 5.41) is 25.3. The molecule has 2 aliphatic carbocycles. The van der Waals surface area contributed by atoms with Crippen LogP contribution in [-0.4, -0.2) is 136 Å². The number of aliphatic hydroxyl groups excluding tert-OH is 1. The van der Waals surface area contributed by atoms with Crippen molar-refractivity contribution in [1.29, 1.82) is 0 Å². The van der Waals surface area contributed by atoms with E-state index in [1.165, 1.54) is 4.90 Å². The van der Waals surface area contributed by atoms with E-state index in [-0.39, 0.29) is 48.4 Å². The Kier molecular flexibility index (Phi) is 11.6. The molecule has 4 aliphatic heterocycles. The van der Waals surface area contributed by atoms with Crippen molar-refractivity contribution in [2.75, 3.05) is 75.1 Å². The Bertz CT molecular complexity index is 2500. The van der Waals surface area contributed by atoms with Crippen molar-refractivity contribution in [2.24, 2.45) is 5.41 Å². The second-order valence-electron chi connectivity index (χ2n) is 18.9. The highest BCUT2D eigenvalue weighted by Crippen LogP contribution is 2.57. The highest BCUT2D eigenvalue weighted by molar-refractivity contribution is 6.34. The van der Waals surface area contributed by atoms with Crippen molar-refractivity contribution in [3.63, 3.8) is 0 Å². The zero-order chi connectivity index (χ0) is 45.2. The first-order valence-electron chi connectivity index (χ1n) is 22.9. The zero-order valence-electron chi connectivity index (χ0n) is 37.1. The second-order valence-corrected chi connectivity index (χ2v) is 19.2. The van der Waals surface area contributed by atoms with E-state index in [1.807, 2.05) is 30.1 Å². The third-order valence-electron chi connectivity index (χ3n) is 14.7. The number of piperidine rings is 2. The monoisotopic (exact) mass is 913 g/mol. The molecule has 0 bridgehead atoms. The number of imide groups is 1. The summed E-state index contributed by atoms with van der Waals surface area (Å²) >= 11 is 6.55. The molecule has 3 saturated heterocycles. The number of hydrogen-bond donors (Lipinski definition) is 4. The van der Waals surface area contributed by atoms with E-state index in [0.717, 1.165) is 80.7 Å². The summed E-state index contributed by atoms with van der Waals surface area (Å²) in [6, 6.07) is 9.14. The van der Waals surface area contributed by atoms with Gasteiger partial charge in [-0.15, -0.1) is 5.10 Å². The molecule has 4 aromatic rings. The average Bonchev–Trinajstić information content (AvgIpc) is 3.92. The zero-order valence-corrected chi connectivity index (χ0v) is 37.9. The summed E-state index contributed by atoms with van der Waals surface area (Å²) in [7, 11) is 3.50. The topological polar surface area (TPSA) is 182 Å². The molecule has 2 saturated carbocycles. The first-order chi connectivity index (χ1) is 31.3. The number of aromatic nitrogens is 4. The van der Waals surface area contributed by atoms with Gasteiger partial charge in [0.25, 0.3) is 5.91 Å². The average molecular weight is 914 g/mol. The third-order valence-corrected chi connectivity index (χ3v) is 15.2. The number of urea groups is 1. The first kappa shape index (κ1) is 43.7. The number of hydrogen-bond acceptors (Lipinski definition) is 13. The van der Waals surface area contributed by atoms with Gasteiger partial charge in [-0.05, 0) is 88.3 Å². The minimum atomic E-state index is -1.24. The smallest absolute Gasteiger partial charge is 0.328 e. The van der Waals surface area contributed by atoms with Gasteiger partial charge >= 0.3 is 6.03 Å². The maximum absolute atomic E-state index is 16.4. The number of methoxy groups -OCH3 is 1. The number of amides is 4. The van der Waals surface area contributed by atoms with Gasteiger partial charge in [0, 0.05) is 83.7 Å². The lowest BCUT2D eigenvalue weighted by atomic mass is 9.55. The van der Waals surface area contributed by atoms with Crippen molar-refractivity contribution >= 4 is 58.0 Å². The van der Waals surface area contributed by atoms with E-state index in [9.17, 15) is 19.5 Å². The van der Waals surface area contributed by atoms with Gasteiger partial charge in [0.2, 0.25) is 5.91 Å². The second kappa shape index (κ2) is 17.3. The number of likely N-dealkylation sites (tertiary alicyclic amines) is 2. The molecule has 346 valence electrons. The number of fused-ring (bicyclic) bond motifs is 2. The molecule has 1 aromatic carbocycles. The Balaban J connectivity index is 0.721. The van der Waals surface area contributed by atoms with Crippen LogP contribution in [0.15, 0.2) is 36.5 Å². The van der Waals surface area contributed by atoms with Gasteiger partial charge < -0.3 is 30.1 Å². The fourth-order valence-corrected chi connectivity index (χ4v) is 11.3. The van der Waals surface area contributed by atoms with E-state index in [0.29, 0.717) is 78.3 Å². The van der Waals surface area contributed by atoms with Crippen LogP contribution in [0.5, 0.6) is 5.75 Å². The number of alkyl halides is 1. The Labute approximate surface area is 382 Å². The summed E-state index contributed by atoms with van der Waals surface area (Å²) < 4.78 is 30.2. The molecule has 19 heteroatoms. The summed E-state index contributed by atoms with van der Waals surface area (Å²) in [5.41, 5.74) is 3.78. The van der Waals surface area contributed by atoms with Gasteiger partial charge in [0.1, 0.15) is 17.5 Å². The summed E-state index contributed by atoms with van der Waals surface area (Å²) in [6.07, 6.45) is 7.52. The van der Waals surface area contributed by atoms with Crippen molar-refractivity contribution < 1.29 is 33.4 Å². The van der Waals surface area contributed by atoms with Crippen LogP contribution in [-0.2, 0) is 16.0 Å². The number of imidazole rings is 1. The molecule has 5 fully saturated rings. The van der Waals surface area contributed by atoms with Crippen molar-refractivity contribution in [1.82, 2.24) is 40.0 Å². The molecule has 65 heavy (non-hydrogen) atoms. The number of benzene rings is 1. The fraction of sp³-hybridized carbons (Fsp3) is 0.565. The lowest BCUT2D eigenvalue weighted by molar-refractivity contribution is -0.132. The quantitative estimate of drug-likeness (QED) is 0.144. The lowest BCUT2D eigenvalue weighted by Crippen LogP contribution is -2.59. The molecule has 7 heterocycles. The highest BCUT2D eigenvalue weighted by atomic mass is 35.5. The van der Waals surface area contributed by atoms with Gasteiger partial charge in [-0.1, -0.05) is 17.7 Å². The van der Waals surface area contributed by atoms with Crippen molar-refractivity contribution in [3.05, 3.63) is 64.2 Å². The van der Waals surface area contributed by atoms with Gasteiger partial charge in [-0.2, -0.15) is 0 Å². The molecule has 4 N–H and O–H groups in total. The number of halogens is 2. The standard InChI is InChI=1S/C46H57ClFN11O6/c1-27-40(47)34(58-18-12-39(60)53-44(58)63)21-32(51-27)43(62)56-19-13-45(14-20-56)24-46(48,25-45)26-55-15-9-28(10-16-55)65-36-6-4-5-33-29(36)11-17-57(33)38-22-31(49-2)41-50-23-35(59(41)54-38)42(61)52-30-7-8-37(30)64-3/h4-6,21-23,28,30,37,43,49,62H,7-20,24-26H2,1-3H3,(H,52,61)(H,53,60,63)/t30-,37-,43?/m1/s1. The third kappa shape index (κ3) is 8.25. The molecule has 3 atom stereocenters. The number of aliphatic hydroxyl groups is 1. The van der Waals surface area contributed by atoms with Gasteiger partial charge in [0.05, 0.1) is 46.1 Å². The van der Waals surface area contributed by atoms with E-state index in [1.54, 1.807) is 30.8 Å². The SMILES string of the molecule is CNc1cc(N2CCc3c(OC4CCN(CC5(F)CC6(CCN(C(O)c7cc(N8CCC(=O)NC8=O)c(Cl)c(C)n7)CC6)C5)CC4)cccc32)nn2c(C(=O)N[C@@H]3CC[C@H]3OC)cnc12. The molecule has 1 unspecified atom stereocenters. The van der Waals surface area contributed by atoms with Crippen LogP contribution < -0.4 is 30.5 Å². The van der Waals surface area contributed by atoms with Crippen LogP contribution in [0.1, 0.15) is 91.5 Å². The fourth-order valence-electron chi connectivity index (χ4n) is 11.1. The van der Waals surface area contributed by atoms with E-state index in [2.05, 4.69) is 41.8 Å². The van der Waals surface area contributed by atoms with Crippen LogP contribution in [0.25, 0.3) is 5.65 Å². The molecule has 17 nitrogen and oxygen atoms in total.